The molecule has 1 aliphatic rings. The van der Waals surface area contributed by atoms with Gasteiger partial charge in [0.25, 0.3) is 5.91 Å². The highest BCUT2D eigenvalue weighted by Crippen LogP contribution is 2.37. The summed E-state index contributed by atoms with van der Waals surface area (Å²) in [6.07, 6.45) is 3.66. The van der Waals surface area contributed by atoms with Crippen molar-refractivity contribution in [1.82, 2.24) is 16.0 Å². The number of amides is 4. The lowest BCUT2D eigenvalue weighted by molar-refractivity contribution is -0.138. The van der Waals surface area contributed by atoms with Crippen molar-refractivity contribution in [1.29, 1.82) is 0 Å². The number of carbonyl (C=O) groups is 5. The van der Waals surface area contributed by atoms with Gasteiger partial charge in [-0.05, 0) is 42.9 Å². The van der Waals surface area contributed by atoms with Gasteiger partial charge in [-0.3, -0.25) is 19.2 Å². The highest BCUT2D eigenvalue weighted by atomic mass is 16.2. The Balaban J connectivity index is 2.89. The molecular formula is C24H40N4O5. The molecule has 0 aromatic rings. The minimum atomic E-state index is -0.767. The van der Waals surface area contributed by atoms with Crippen LogP contribution < -0.4 is 21.7 Å². The Kier molecular flexibility index (Phi) is 10.7. The van der Waals surface area contributed by atoms with E-state index in [0.717, 1.165) is 0 Å². The third kappa shape index (κ3) is 8.98. The summed E-state index contributed by atoms with van der Waals surface area (Å²) in [4.78, 5) is 61.3. The highest BCUT2D eigenvalue weighted by molar-refractivity contribution is 6.37. The summed E-state index contributed by atoms with van der Waals surface area (Å²) in [5.41, 5.74) is 4.81. The Morgan fingerprint density at radius 3 is 2.12 bits per heavy atom. The van der Waals surface area contributed by atoms with Gasteiger partial charge in [0.1, 0.15) is 0 Å². The zero-order valence-electron chi connectivity index (χ0n) is 20.5. The quantitative estimate of drug-likeness (QED) is 0.221. The highest BCUT2D eigenvalue weighted by Gasteiger charge is 2.40. The number of hydrogen-bond acceptors (Lipinski definition) is 5. The van der Waals surface area contributed by atoms with E-state index in [0.29, 0.717) is 25.7 Å². The monoisotopic (exact) mass is 464 g/mol. The average Bonchev–Trinajstić information content (AvgIpc) is 2.96. The molecule has 0 saturated heterocycles. The number of urea groups is 1. The zero-order chi connectivity index (χ0) is 25.3. The summed E-state index contributed by atoms with van der Waals surface area (Å²) in [5.74, 6) is -2.15. The second-order valence-corrected chi connectivity index (χ2v) is 10.3. The molecule has 1 saturated carbocycles. The normalized spacial score (nSPS) is 21.9. The first-order valence-corrected chi connectivity index (χ1v) is 11.6. The largest absolute Gasteiger partial charge is 0.352 e. The molecule has 0 heterocycles. The maximum atomic E-state index is 13.4. The SMILES string of the molecule is C=CCNC(=O)C(=O)CNC(=O)[C@H]1CCC(C(=O)[C@@H](NC(N)=O)C(C)(C)C)C[C@H](C(C)C)C1. The van der Waals surface area contributed by atoms with Crippen molar-refractivity contribution in [2.24, 2.45) is 34.8 Å². The van der Waals surface area contributed by atoms with Gasteiger partial charge in [-0.1, -0.05) is 40.7 Å². The van der Waals surface area contributed by atoms with Gasteiger partial charge in [0, 0.05) is 18.4 Å². The summed E-state index contributed by atoms with van der Waals surface area (Å²) >= 11 is 0. The molecule has 1 aliphatic carbocycles. The Hall–Kier alpha value is -2.71. The van der Waals surface area contributed by atoms with Crippen LogP contribution in [-0.2, 0) is 19.2 Å². The van der Waals surface area contributed by atoms with Crippen molar-refractivity contribution in [2.75, 3.05) is 13.1 Å². The predicted molar refractivity (Wildman–Crippen MR) is 126 cm³/mol. The van der Waals surface area contributed by atoms with Crippen LogP contribution in [0.2, 0.25) is 0 Å². The maximum Gasteiger partial charge on any atom is 0.312 e. The zero-order valence-corrected chi connectivity index (χ0v) is 20.5. The van der Waals surface area contributed by atoms with Crippen molar-refractivity contribution in [2.45, 2.75) is 66.3 Å². The van der Waals surface area contributed by atoms with E-state index in [2.05, 4.69) is 36.4 Å². The number of primary amides is 1. The molecule has 4 atom stereocenters. The molecule has 1 fully saturated rings. The van der Waals surface area contributed by atoms with Gasteiger partial charge in [-0.25, -0.2) is 4.79 Å². The number of rotatable bonds is 10. The topological polar surface area (TPSA) is 147 Å². The molecule has 0 aromatic heterocycles. The minimum absolute atomic E-state index is 0.0675. The number of nitrogens with one attached hydrogen (secondary N) is 3. The fourth-order valence-electron chi connectivity index (χ4n) is 4.25. The number of hydrogen-bond donors (Lipinski definition) is 4. The van der Waals surface area contributed by atoms with Crippen LogP contribution in [0.25, 0.3) is 0 Å². The summed E-state index contributed by atoms with van der Waals surface area (Å²) in [6.45, 7) is 13.0. The molecular weight excluding hydrogens is 424 g/mol. The lowest BCUT2D eigenvalue weighted by atomic mass is 9.76. The molecule has 186 valence electrons. The van der Waals surface area contributed by atoms with E-state index in [1.807, 2.05) is 20.8 Å². The van der Waals surface area contributed by atoms with Gasteiger partial charge in [0.05, 0.1) is 12.6 Å². The van der Waals surface area contributed by atoms with Gasteiger partial charge in [0.15, 0.2) is 5.78 Å². The second-order valence-electron chi connectivity index (χ2n) is 10.3. The summed E-state index contributed by atoms with van der Waals surface area (Å²) in [5, 5.41) is 7.57. The van der Waals surface area contributed by atoms with E-state index in [1.54, 1.807) is 0 Å². The summed E-state index contributed by atoms with van der Waals surface area (Å²) < 4.78 is 0. The lowest BCUT2D eigenvalue weighted by Gasteiger charge is -2.33. The Bertz CT molecular complexity index is 756. The lowest BCUT2D eigenvalue weighted by Crippen LogP contribution is -2.52. The molecule has 1 rings (SSSR count). The van der Waals surface area contributed by atoms with Crippen LogP contribution >= 0.6 is 0 Å². The van der Waals surface area contributed by atoms with E-state index in [1.165, 1.54) is 6.08 Å². The molecule has 0 aromatic carbocycles. The van der Waals surface area contributed by atoms with E-state index < -0.39 is 29.2 Å². The Morgan fingerprint density at radius 1 is 1.03 bits per heavy atom. The first-order chi connectivity index (χ1) is 15.3. The molecule has 0 aliphatic heterocycles. The Morgan fingerprint density at radius 2 is 1.61 bits per heavy atom. The molecule has 4 amide bonds. The number of Topliss-reactive ketones (excluding diaryl/α,β-unsaturated/α-hetero) is 2. The third-order valence-corrected chi connectivity index (χ3v) is 6.27. The molecule has 33 heavy (non-hydrogen) atoms. The van der Waals surface area contributed by atoms with Crippen LogP contribution in [0.1, 0.15) is 60.3 Å². The van der Waals surface area contributed by atoms with Crippen molar-refractivity contribution >= 4 is 29.4 Å². The van der Waals surface area contributed by atoms with Crippen molar-refractivity contribution in [3.05, 3.63) is 12.7 Å². The molecule has 9 nitrogen and oxygen atoms in total. The average molecular weight is 465 g/mol. The Labute approximate surface area is 196 Å². The number of nitrogens with two attached hydrogens (primary N) is 1. The van der Waals surface area contributed by atoms with Crippen LogP contribution in [0.4, 0.5) is 4.79 Å². The summed E-state index contributed by atoms with van der Waals surface area (Å²) in [6, 6.07) is -1.46. The van der Waals surface area contributed by atoms with Crippen LogP contribution in [0.5, 0.6) is 0 Å². The van der Waals surface area contributed by atoms with Gasteiger partial charge in [0.2, 0.25) is 11.7 Å². The number of carbonyl (C=O) groups excluding carboxylic acids is 5. The van der Waals surface area contributed by atoms with Crippen LogP contribution in [-0.4, -0.2) is 48.5 Å². The molecule has 5 N–H and O–H groups in total. The van der Waals surface area contributed by atoms with Gasteiger partial charge in [-0.2, -0.15) is 0 Å². The van der Waals surface area contributed by atoms with E-state index in [9.17, 15) is 24.0 Å². The molecule has 0 spiro atoms. The molecule has 0 radical (unpaired) electrons. The van der Waals surface area contributed by atoms with E-state index in [4.69, 9.17) is 5.73 Å². The molecule has 0 bridgehead atoms. The standard InChI is InChI=1S/C24H40N4O5/c1-7-10-26-22(32)18(29)13-27-21(31)16-9-8-15(11-17(12-16)14(2)3)19(30)20(24(4,5)6)28-23(25)33/h7,14-17,20H,1,8-13H2,2-6H3,(H,26,32)(H,27,31)(H3,25,28,33)/t15?,16-,17-,20+/m0/s1. The number of ketones is 2. The first kappa shape index (κ1) is 28.3. The van der Waals surface area contributed by atoms with E-state index >= 15 is 0 Å². The van der Waals surface area contributed by atoms with Crippen LogP contribution in [0.3, 0.4) is 0 Å². The third-order valence-electron chi connectivity index (χ3n) is 6.27. The first-order valence-electron chi connectivity index (χ1n) is 11.6. The second kappa shape index (κ2) is 12.5. The molecule has 9 heteroatoms. The molecule has 1 unspecified atom stereocenters. The van der Waals surface area contributed by atoms with Crippen LogP contribution in [0, 0.1) is 29.1 Å². The fourth-order valence-corrected chi connectivity index (χ4v) is 4.25. The van der Waals surface area contributed by atoms with Gasteiger partial charge in [-0.15, -0.1) is 6.58 Å². The van der Waals surface area contributed by atoms with Crippen LogP contribution in [0.15, 0.2) is 12.7 Å². The minimum Gasteiger partial charge on any atom is -0.352 e. The van der Waals surface area contributed by atoms with Gasteiger partial charge < -0.3 is 21.7 Å². The fraction of sp³-hybridized carbons (Fsp3) is 0.708. The van der Waals surface area contributed by atoms with Gasteiger partial charge >= 0.3 is 6.03 Å². The van der Waals surface area contributed by atoms with Crippen molar-refractivity contribution in [3.63, 3.8) is 0 Å². The van der Waals surface area contributed by atoms with E-state index in [-0.39, 0.29) is 48.5 Å². The van der Waals surface area contributed by atoms with Crippen molar-refractivity contribution in [3.8, 4) is 0 Å². The summed E-state index contributed by atoms with van der Waals surface area (Å²) in [7, 11) is 0. The smallest absolute Gasteiger partial charge is 0.312 e. The van der Waals surface area contributed by atoms with Crippen molar-refractivity contribution < 1.29 is 24.0 Å². The maximum absolute atomic E-state index is 13.4. The predicted octanol–water partition coefficient (Wildman–Crippen LogP) is 1.70.